The Morgan fingerprint density at radius 3 is 2.55 bits per heavy atom. The van der Waals surface area contributed by atoms with Crippen LogP contribution in [0.1, 0.15) is 18.3 Å². The van der Waals surface area contributed by atoms with Gasteiger partial charge in [0.15, 0.2) is 22.5 Å². The summed E-state index contributed by atoms with van der Waals surface area (Å²) in [5.41, 5.74) is -1.23. The zero-order chi connectivity index (χ0) is 22.4. The molecule has 0 bridgehead atoms. The van der Waals surface area contributed by atoms with Gasteiger partial charge in [-0.15, -0.1) is 10.2 Å². The molecule has 1 N–H and O–H groups in total. The molecule has 31 heavy (non-hydrogen) atoms. The Bertz CT molecular complexity index is 1060. The van der Waals surface area contributed by atoms with Crippen LogP contribution in [0.5, 0.6) is 5.75 Å². The Balaban J connectivity index is 1.62. The second-order valence-corrected chi connectivity index (χ2v) is 7.18. The lowest BCUT2D eigenvalue weighted by Gasteiger charge is -2.13. The third-order valence-electron chi connectivity index (χ3n) is 4.14. The molecule has 0 atom stereocenters. The highest BCUT2D eigenvalue weighted by Gasteiger charge is 2.33. The van der Waals surface area contributed by atoms with Crippen molar-refractivity contribution in [2.45, 2.75) is 31.4 Å². The number of alkyl halides is 3. The average molecular weight is 454 g/mol. The molecule has 0 fully saturated rings. The number of halogens is 4. The van der Waals surface area contributed by atoms with Crippen molar-refractivity contribution < 1.29 is 27.1 Å². The van der Waals surface area contributed by atoms with Gasteiger partial charge in [-0.3, -0.25) is 4.79 Å². The molecule has 0 aliphatic heterocycles. The van der Waals surface area contributed by atoms with Crippen LogP contribution < -0.4 is 10.1 Å². The average Bonchev–Trinajstić information content (AvgIpc) is 3.13. The Hall–Kier alpha value is -3.08. The summed E-state index contributed by atoms with van der Waals surface area (Å²) in [6.07, 6.45) is -4.58. The number of benzene rings is 2. The van der Waals surface area contributed by atoms with Crippen LogP contribution in [0.2, 0.25) is 0 Å². The SMILES string of the molecule is CCn1c(COc2ccccc2F)nnc1SCC(=O)Nc1ccccc1C(F)(F)F. The van der Waals surface area contributed by atoms with E-state index < -0.39 is 23.5 Å². The zero-order valence-electron chi connectivity index (χ0n) is 16.3. The molecule has 3 aromatic rings. The van der Waals surface area contributed by atoms with Gasteiger partial charge in [0.2, 0.25) is 5.91 Å². The number of hydrogen-bond acceptors (Lipinski definition) is 5. The van der Waals surface area contributed by atoms with Crippen molar-refractivity contribution in [3.63, 3.8) is 0 Å². The molecule has 1 amide bonds. The van der Waals surface area contributed by atoms with Crippen molar-refractivity contribution in [1.29, 1.82) is 0 Å². The van der Waals surface area contributed by atoms with Gasteiger partial charge in [-0.25, -0.2) is 4.39 Å². The summed E-state index contributed by atoms with van der Waals surface area (Å²) >= 11 is 1.02. The van der Waals surface area contributed by atoms with E-state index in [2.05, 4.69) is 15.5 Å². The number of thioether (sulfide) groups is 1. The molecule has 0 saturated carbocycles. The maximum absolute atomic E-state index is 13.7. The molecule has 0 spiro atoms. The first-order chi connectivity index (χ1) is 14.8. The Morgan fingerprint density at radius 1 is 1.13 bits per heavy atom. The first-order valence-electron chi connectivity index (χ1n) is 9.18. The van der Waals surface area contributed by atoms with Gasteiger partial charge in [-0.1, -0.05) is 36.0 Å². The van der Waals surface area contributed by atoms with Gasteiger partial charge in [0.1, 0.15) is 6.61 Å². The maximum atomic E-state index is 13.7. The third-order valence-corrected chi connectivity index (χ3v) is 5.11. The number of para-hydroxylation sites is 2. The van der Waals surface area contributed by atoms with Gasteiger partial charge < -0.3 is 14.6 Å². The molecule has 0 unspecified atom stereocenters. The Kier molecular flexibility index (Phi) is 7.16. The fraction of sp³-hybridized carbons (Fsp3) is 0.250. The summed E-state index contributed by atoms with van der Waals surface area (Å²) in [6.45, 7) is 2.26. The van der Waals surface area contributed by atoms with E-state index in [1.54, 1.807) is 16.7 Å². The molecule has 0 saturated heterocycles. The van der Waals surface area contributed by atoms with Gasteiger partial charge >= 0.3 is 6.18 Å². The molecular formula is C20H18F4N4O2S. The van der Waals surface area contributed by atoms with E-state index in [0.717, 1.165) is 17.8 Å². The normalized spacial score (nSPS) is 11.4. The molecule has 3 rings (SSSR count). The second kappa shape index (κ2) is 9.82. The lowest BCUT2D eigenvalue weighted by atomic mass is 10.1. The molecule has 0 aliphatic carbocycles. The summed E-state index contributed by atoms with van der Waals surface area (Å²) in [6, 6.07) is 10.7. The Morgan fingerprint density at radius 2 is 1.84 bits per heavy atom. The minimum absolute atomic E-state index is 0.0342. The third kappa shape index (κ3) is 5.75. The van der Waals surface area contributed by atoms with Gasteiger partial charge in [-0.2, -0.15) is 13.2 Å². The topological polar surface area (TPSA) is 69.0 Å². The molecule has 2 aromatic carbocycles. The van der Waals surface area contributed by atoms with E-state index in [9.17, 15) is 22.4 Å². The van der Waals surface area contributed by atoms with Crippen molar-refractivity contribution in [2.75, 3.05) is 11.1 Å². The van der Waals surface area contributed by atoms with Crippen LogP contribution >= 0.6 is 11.8 Å². The number of rotatable bonds is 8. The molecule has 11 heteroatoms. The Labute approximate surface area is 179 Å². The van der Waals surface area contributed by atoms with E-state index in [0.29, 0.717) is 17.5 Å². The summed E-state index contributed by atoms with van der Waals surface area (Å²) < 4.78 is 60.0. The van der Waals surface area contributed by atoms with Crippen LogP contribution in [-0.4, -0.2) is 26.4 Å². The lowest BCUT2D eigenvalue weighted by Crippen LogP contribution is -2.18. The summed E-state index contributed by atoms with van der Waals surface area (Å²) in [4.78, 5) is 12.2. The van der Waals surface area contributed by atoms with E-state index in [1.807, 2.05) is 6.92 Å². The highest BCUT2D eigenvalue weighted by Crippen LogP contribution is 2.34. The fourth-order valence-electron chi connectivity index (χ4n) is 2.71. The number of anilines is 1. The van der Waals surface area contributed by atoms with E-state index >= 15 is 0 Å². The van der Waals surface area contributed by atoms with Crippen LogP contribution in [0.15, 0.2) is 53.7 Å². The maximum Gasteiger partial charge on any atom is 0.418 e. The van der Waals surface area contributed by atoms with Gasteiger partial charge in [0, 0.05) is 6.54 Å². The fourth-order valence-corrected chi connectivity index (χ4v) is 3.53. The molecule has 164 valence electrons. The molecule has 1 heterocycles. The number of amides is 1. The first kappa shape index (κ1) is 22.6. The van der Waals surface area contributed by atoms with E-state index in [4.69, 9.17) is 4.74 Å². The predicted molar refractivity (Wildman–Crippen MR) is 107 cm³/mol. The minimum atomic E-state index is -4.58. The standard InChI is InChI=1S/C20H18F4N4O2S/c1-2-28-17(11-30-16-10-6-4-8-14(16)21)26-27-19(28)31-12-18(29)25-15-9-5-3-7-13(15)20(22,23)24/h3-10H,2,11-12H2,1H3,(H,25,29). The number of aromatic nitrogens is 3. The van der Waals surface area contributed by atoms with Crippen molar-refractivity contribution in [2.24, 2.45) is 0 Å². The van der Waals surface area contributed by atoms with Crippen molar-refractivity contribution in [3.8, 4) is 5.75 Å². The van der Waals surface area contributed by atoms with Gasteiger partial charge in [0.05, 0.1) is 17.0 Å². The smallest absolute Gasteiger partial charge is 0.418 e. The zero-order valence-corrected chi connectivity index (χ0v) is 17.1. The summed E-state index contributed by atoms with van der Waals surface area (Å²) in [7, 11) is 0. The molecule has 0 radical (unpaired) electrons. The van der Waals surface area contributed by atoms with Gasteiger partial charge in [0.25, 0.3) is 0 Å². The van der Waals surface area contributed by atoms with Crippen LogP contribution in [0.4, 0.5) is 23.2 Å². The predicted octanol–water partition coefficient (Wildman–Crippen LogP) is 4.77. The van der Waals surface area contributed by atoms with Crippen LogP contribution in [0, 0.1) is 5.82 Å². The van der Waals surface area contributed by atoms with Crippen molar-refractivity contribution >= 4 is 23.4 Å². The first-order valence-corrected chi connectivity index (χ1v) is 10.2. The molecule has 6 nitrogen and oxygen atoms in total. The highest BCUT2D eigenvalue weighted by molar-refractivity contribution is 7.99. The van der Waals surface area contributed by atoms with E-state index in [1.165, 1.54) is 30.3 Å². The molecule has 0 aliphatic rings. The second-order valence-electron chi connectivity index (χ2n) is 6.24. The summed E-state index contributed by atoms with van der Waals surface area (Å²) in [5.74, 6) is -0.786. The quantitative estimate of drug-likeness (QED) is 0.392. The minimum Gasteiger partial charge on any atom is -0.483 e. The van der Waals surface area contributed by atoms with Gasteiger partial charge in [-0.05, 0) is 31.2 Å². The monoisotopic (exact) mass is 454 g/mol. The van der Waals surface area contributed by atoms with Crippen molar-refractivity contribution in [1.82, 2.24) is 14.8 Å². The highest BCUT2D eigenvalue weighted by atomic mass is 32.2. The largest absolute Gasteiger partial charge is 0.483 e. The number of carbonyl (C=O) groups excluding carboxylic acids is 1. The van der Waals surface area contributed by atoms with E-state index in [-0.39, 0.29) is 23.8 Å². The molecular weight excluding hydrogens is 436 g/mol. The number of nitrogens with zero attached hydrogens (tertiary/aromatic N) is 3. The van der Waals surface area contributed by atoms with Crippen molar-refractivity contribution in [3.05, 3.63) is 65.7 Å². The number of ether oxygens (including phenoxy) is 1. The number of nitrogens with one attached hydrogen (secondary N) is 1. The summed E-state index contributed by atoms with van der Waals surface area (Å²) in [5, 5.41) is 10.7. The number of carbonyl (C=O) groups is 1. The van der Waals surface area contributed by atoms with Crippen LogP contribution in [0.3, 0.4) is 0 Å². The number of hydrogen-bond donors (Lipinski definition) is 1. The van der Waals surface area contributed by atoms with Crippen LogP contribution in [0.25, 0.3) is 0 Å². The van der Waals surface area contributed by atoms with Crippen LogP contribution in [-0.2, 0) is 24.1 Å². The lowest BCUT2D eigenvalue weighted by molar-refractivity contribution is -0.137. The molecule has 1 aromatic heterocycles.